The second-order valence-electron chi connectivity index (χ2n) is 6.22. The monoisotopic (exact) mass is 335 g/mol. The molecule has 0 saturated carbocycles. The zero-order chi connectivity index (χ0) is 17.9. The fraction of sp³-hybridized carbons (Fsp3) is 0.667. The zero-order valence-corrected chi connectivity index (χ0v) is 16.0. The van der Waals surface area contributed by atoms with Crippen molar-refractivity contribution in [1.82, 2.24) is 20.5 Å². The third kappa shape index (κ3) is 7.17. The number of guanidine groups is 1. The van der Waals surface area contributed by atoms with Crippen LogP contribution in [0, 0.1) is 0 Å². The molecular formula is C18H33N5O. The molecule has 0 aliphatic heterocycles. The van der Waals surface area contributed by atoms with Gasteiger partial charge >= 0.3 is 0 Å². The van der Waals surface area contributed by atoms with Crippen molar-refractivity contribution in [1.29, 1.82) is 0 Å². The highest BCUT2D eigenvalue weighted by atomic mass is 16.5. The van der Waals surface area contributed by atoms with Crippen LogP contribution in [0.5, 0.6) is 5.88 Å². The number of hydrogen-bond donors (Lipinski definition) is 2. The SMILES string of the molecule is CCNC(=NCc1cccc(OC)n1)NCCN(C(C)C)C(C)C. The molecule has 136 valence electrons. The van der Waals surface area contributed by atoms with Gasteiger partial charge in [-0.1, -0.05) is 6.07 Å². The maximum absolute atomic E-state index is 5.15. The Morgan fingerprint density at radius 1 is 1.21 bits per heavy atom. The molecule has 1 aromatic heterocycles. The third-order valence-electron chi connectivity index (χ3n) is 3.72. The summed E-state index contributed by atoms with van der Waals surface area (Å²) in [6.45, 7) is 14.2. The summed E-state index contributed by atoms with van der Waals surface area (Å²) < 4.78 is 5.15. The van der Waals surface area contributed by atoms with Crippen molar-refractivity contribution >= 4 is 5.96 Å². The first-order valence-corrected chi connectivity index (χ1v) is 8.75. The van der Waals surface area contributed by atoms with Crippen LogP contribution < -0.4 is 15.4 Å². The Morgan fingerprint density at radius 2 is 1.92 bits per heavy atom. The molecule has 0 aromatic carbocycles. The fourth-order valence-corrected chi connectivity index (χ4v) is 2.58. The molecule has 0 bridgehead atoms. The third-order valence-corrected chi connectivity index (χ3v) is 3.72. The Hall–Kier alpha value is -1.82. The van der Waals surface area contributed by atoms with Crippen LogP contribution in [0.1, 0.15) is 40.3 Å². The van der Waals surface area contributed by atoms with Crippen LogP contribution in [-0.2, 0) is 6.54 Å². The molecule has 1 heterocycles. The Balaban J connectivity index is 2.59. The van der Waals surface area contributed by atoms with E-state index in [1.54, 1.807) is 7.11 Å². The first-order valence-electron chi connectivity index (χ1n) is 8.75. The summed E-state index contributed by atoms with van der Waals surface area (Å²) >= 11 is 0. The number of methoxy groups -OCH3 is 1. The average molecular weight is 335 g/mol. The van der Waals surface area contributed by atoms with Gasteiger partial charge in [-0.3, -0.25) is 4.90 Å². The van der Waals surface area contributed by atoms with Crippen LogP contribution in [-0.4, -0.2) is 54.7 Å². The van der Waals surface area contributed by atoms with Gasteiger partial charge in [0.2, 0.25) is 5.88 Å². The quantitative estimate of drug-likeness (QED) is 0.535. The van der Waals surface area contributed by atoms with E-state index in [1.807, 2.05) is 18.2 Å². The van der Waals surface area contributed by atoms with Gasteiger partial charge in [-0.2, -0.15) is 0 Å². The van der Waals surface area contributed by atoms with E-state index in [0.717, 1.165) is 31.3 Å². The topological polar surface area (TPSA) is 61.8 Å². The molecule has 1 rings (SSSR count). The minimum Gasteiger partial charge on any atom is -0.481 e. The number of hydrogen-bond acceptors (Lipinski definition) is 4. The molecule has 0 radical (unpaired) electrons. The molecule has 6 nitrogen and oxygen atoms in total. The second kappa shape index (κ2) is 10.9. The number of rotatable bonds is 9. The zero-order valence-electron chi connectivity index (χ0n) is 16.0. The average Bonchev–Trinajstić information content (AvgIpc) is 2.55. The fourth-order valence-electron chi connectivity index (χ4n) is 2.58. The Morgan fingerprint density at radius 3 is 2.50 bits per heavy atom. The normalized spacial score (nSPS) is 12.1. The molecule has 0 spiro atoms. The van der Waals surface area contributed by atoms with Gasteiger partial charge in [0.15, 0.2) is 5.96 Å². The van der Waals surface area contributed by atoms with E-state index < -0.39 is 0 Å². The summed E-state index contributed by atoms with van der Waals surface area (Å²) in [5.74, 6) is 1.43. The summed E-state index contributed by atoms with van der Waals surface area (Å²) in [4.78, 5) is 11.4. The predicted octanol–water partition coefficient (Wildman–Crippen LogP) is 2.26. The minimum atomic E-state index is 0.518. The molecule has 0 fully saturated rings. The maximum Gasteiger partial charge on any atom is 0.213 e. The lowest BCUT2D eigenvalue weighted by molar-refractivity contribution is 0.178. The van der Waals surface area contributed by atoms with E-state index in [1.165, 1.54) is 0 Å². The van der Waals surface area contributed by atoms with E-state index in [4.69, 9.17) is 4.74 Å². The van der Waals surface area contributed by atoms with Crippen molar-refractivity contribution in [2.24, 2.45) is 4.99 Å². The molecule has 2 N–H and O–H groups in total. The van der Waals surface area contributed by atoms with Gasteiger partial charge in [-0.25, -0.2) is 9.98 Å². The van der Waals surface area contributed by atoms with Crippen LogP contribution in [0.25, 0.3) is 0 Å². The molecule has 6 heteroatoms. The van der Waals surface area contributed by atoms with Gasteiger partial charge in [0.25, 0.3) is 0 Å². The van der Waals surface area contributed by atoms with E-state index in [9.17, 15) is 0 Å². The lowest BCUT2D eigenvalue weighted by atomic mass is 10.2. The highest BCUT2D eigenvalue weighted by Crippen LogP contribution is 2.07. The van der Waals surface area contributed by atoms with Gasteiger partial charge in [0.1, 0.15) is 0 Å². The van der Waals surface area contributed by atoms with Gasteiger partial charge in [0, 0.05) is 37.8 Å². The van der Waals surface area contributed by atoms with Crippen molar-refractivity contribution < 1.29 is 4.74 Å². The van der Waals surface area contributed by atoms with Gasteiger partial charge in [-0.05, 0) is 40.7 Å². The number of pyridine rings is 1. The van der Waals surface area contributed by atoms with Crippen LogP contribution in [0.3, 0.4) is 0 Å². The lowest BCUT2D eigenvalue weighted by Gasteiger charge is -2.30. The van der Waals surface area contributed by atoms with Gasteiger partial charge in [0.05, 0.1) is 19.3 Å². The van der Waals surface area contributed by atoms with Crippen molar-refractivity contribution in [3.63, 3.8) is 0 Å². The predicted molar refractivity (Wildman–Crippen MR) is 101 cm³/mol. The first kappa shape index (κ1) is 20.2. The Kier molecular flexibility index (Phi) is 9.15. The van der Waals surface area contributed by atoms with E-state index >= 15 is 0 Å². The lowest BCUT2D eigenvalue weighted by Crippen LogP contribution is -2.45. The summed E-state index contributed by atoms with van der Waals surface area (Å²) in [7, 11) is 1.62. The van der Waals surface area contributed by atoms with Crippen LogP contribution >= 0.6 is 0 Å². The Bertz CT molecular complexity index is 494. The van der Waals surface area contributed by atoms with Gasteiger partial charge < -0.3 is 15.4 Å². The number of ether oxygens (including phenoxy) is 1. The van der Waals surface area contributed by atoms with Crippen molar-refractivity contribution in [2.45, 2.75) is 53.2 Å². The second-order valence-corrected chi connectivity index (χ2v) is 6.22. The Labute approximate surface area is 146 Å². The van der Waals surface area contributed by atoms with Gasteiger partial charge in [-0.15, -0.1) is 0 Å². The van der Waals surface area contributed by atoms with Crippen molar-refractivity contribution in [3.05, 3.63) is 23.9 Å². The molecule has 0 saturated heterocycles. The molecular weight excluding hydrogens is 302 g/mol. The summed E-state index contributed by atoms with van der Waals surface area (Å²) in [5.41, 5.74) is 0.887. The number of aliphatic imine (C=N–C) groups is 1. The highest BCUT2D eigenvalue weighted by Gasteiger charge is 2.12. The van der Waals surface area contributed by atoms with Crippen LogP contribution in [0.15, 0.2) is 23.2 Å². The molecule has 0 unspecified atom stereocenters. The minimum absolute atomic E-state index is 0.518. The van der Waals surface area contributed by atoms with E-state index in [-0.39, 0.29) is 0 Å². The van der Waals surface area contributed by atoms with Crippen LogP contribution in [0.2, 0.25) is 0 Å². The molecule has 1 aromatic rings. The standard InChI is InChI=1S/C18H33N5O/c1-7-19-18(20-11-12-23(14(2)3)15(4)5)21-13-16-9-8-10-17(22-16)24-6/h8-10,14-15H,7,11-13H2,1-6H3,(H2,19,20,21). The highest BCUT2D eigenvalue weighted by molar-refractivity contribution is 5.79. The van der Waals surface area contributed by atoms with E-state index in [0.29, 0.717) is 24.5 Å². The van der Waals surface area contributed by atoms with E-state index in [2.05, 4.69) is 60.1 Å². The van der Waals surface area contributed by atoms with Crippen LogP contribution in [0.4, 0.5) is 0 Å². The maximum atomic E-state index is 5.15. The summed E-state index contributed by atoms with van der Waals surface area (Å²) in [6, 6.07) is 6.79. The van der Waals surface area contributed by atoms with Crippen molar-refractivity contribution in [3.8, 4) is 5.88 Å². The number of nitrogens with one attached hydrogen (secondary N) is 2. The summed E-state index contributed by atoms with van der Waals surface area (Å²) in [6.07, 6.45) is 0. The summed E-state index contributed by atoms with van der Waals surface area (Å²) in [5, 5.41) is 6.67. The van der Waals surface area contributed by atoms with Crippen molar-refractivity contribution in [2.75, 3.05) is 26.7 Å². The molecule has 0 aliphatic rings. The number of nitrogens with zero attached hydrogens (tertiary/aromatic N) is 3. The molecule has 0 amide bonds. The largest absolute Gasteiger partial charge is 0.481 e. The molecule has 0 aliphatic carbocycles. The smallest absolute Gasteiger partial charge is 0.213 e. The molecule has 24 heavy (non-hydrogen) atoms. The molecule has 0 atom stereocenters. The number of aromatic nitrogens is 1. The first-order chi connectivity index (χ1) is 11.5.